The molecule has 2 aromatic rings. The smallest absolute Gasteiger partial charge is 0.379 e. The van der Waals surface area contributed by atoms with E-state index in [1.54, 1.807) is 0 Å². The number of nitrogens with zero attached hydrogens (tertiary/aromatic N) is 3. The van der Waals surface area contributed by atoms with Crippen LogP contribution in [0.4, 0.5) is 11.4 Å². The van der Waals surface area contributed by atoms with Gasteiger partial charge in [0.1, 0.15) is 0 Å². The monoisotopic (exact) mass is 606 g/mol. The molecule has 0 saturated carbocycles. The molecule has 2 aromatic carbocycles. The van der Waals surface area contributed by atoms with Gasteiger partial charge in [0.25, 0.3) is 5.69 Å². The molecule has 2 aliphatic rings. The maximum Gasteiger partial charge on any atom is 0.469 e. The molecular formula is C22H28ClN4O10PS. The highest BCUT2D eigenvalue weighted by Crippen LogP contribution is 2.46. The van der Waals surface area contributed by atoms with E-state index in [0.717, 1.165) is 19.2 Å². The van der Waals surface area contributed by atoms with E-state index in [2.05, 4.69) is 14.1 Å². The lowest BCUT2D eigenvalue weighted by molar-refractivity contribution is -0.383. The summed E-state index contributed by atoms with van der Waals surface area (Å²) in [7, 11) is -8.96. The number of carbonyl (C=O) groups is 1. The third kappa shape index (κ3) is 6.93. The molecule has 17 heteroatoms. The summed E-state index contributed by atoms with van der Waals surface area (Å²) in [5, 5.41) is 12.5. The van der Waals surface area contributed by atoms with Crippen molar-refractivity contribution in [1.82, 2.24) is 9.62 Å². The molecule has 1 saturated heterocycles. The molecule has 0 bridgehead atoms. The predicted molar refractivity (Wildman–Crippen MR) is 141 cm³/mol. The predicted octanol–water partition coefficient (Wildman–Crippen LogP) is 1.53. The van der Waals surface area contributed by atoms with Gasteiger partial charge >= 0.3 is 7.82 Å². The number of alkyl halides is 1. The first-order valence-electron chi connectivity index (χ1n) is 12.0. The summed E-state index contributed by atoms with van der Waals surface area (Å²) < 4.78 is 48.0. The zero-order valence-electron chi connectivity index (χ0n) is 20.7. The van der Waals surface area contributed by atoms with Crippen LogP contribution >= 0.6 is 19.4 Å². The van der Waals surface area contributed by atoms with E-state index in [0.29, 0.717) is 36.4 Å². The lowest BCUT2D eigenvalue weighted by Crippen LogP contribution is -2.39. The number of sulfonamides is 1. The van der Waals surface area contributed by atoms with Crippen LogP contribution in [0.15, 0.2) is 29.2 Å². The number of hydrogen-bond donors (Lipinski definition) is 3. The van der Waals surface area contributed by atoms with E-state index in [9.17, 15) is 27.9 Å². The number of halogens is 1. The standard InChI is InChI=1S/C22H28ClN4O10PS/c23-13-15-14-26(21(28)3-5-25-6-9-36-10-7-25)20-12-19(27(29)30)18-11-16(1-2-17(18)22(15)20)39(34,35)24-4-8-37-38(31,32)33/h1-2,11-12,15,24H,3-10,13-14H2,(H2,31,32,33). The summed E-state index contributed by atoms with van der Waals surface area (Å²) >= 11 is 6.25. The van der Waals surface area contributed by atoms with Crippen molar-refractivity contribution in [2.45, 2.75) is 17.2 Å². The Bertz CT molecular complexity index is 1410. The van der Waals surface area contributed by atoms with Crippen LogP contribution in [0.2, 0.25) is 0 Å². The number of nitro groups is 1. The molecule has 0 spiro atoms. The molecule has 0 aromatic heterocycles. The minimum absolute atomic E-state index is 0.0609. The molecule has 1 fully saturated rings. The average Bonchev–Trinajstić information content (AvgIpc) is 3.28. The number of hydrogen-bond acceptors (Lipinski definition) is 9. The van der Waals surface area contributed by atoms with Crippen molar-refractivity contribution in [2.75, 3.05) is 63.3 Å². The van der Waals surface area contributed by atoms with Crippen molar-refractivity contribution in [3.63, 3.8) is 0 Å². The maximum absolute atomic E-state index is 13.2. The average molecular weight is 607 g/mol. The Morgan fingerprint density at radius 1 is 1.26 bits per heavy atom. The lowest BCUT2D eigenvalue weighted by atomic mass is 9.95. The topological polar surface area (TPSA) is 189 Å². The molecule has 0 radical (unpaired) electrons. The Morgan fingerprint density at radius 3 is 2.62 bits per heavy atom. The van der Waals surface area contributed by atoms with Gasteiger partial charge in [-0.25, -0.2) is 17.7 Å². The van der Waals surface area contributed by atoms with Crippen LogP contribution in [0.1, 0.15) is 17.9 Å². The number of carbonyl (C=O) groups excluding carboxylic acids is 1. The summed E-state index contributed by atoms with van der Waals surface area (Å²) in [6, 6.07) is 5.17. The van der Waals surface area contributed by atoms with Crippen LogP contribution < -0.4 is 9.62 Å². The first kappa shape index (κ1) is 29.8. The highest BCUT2D eigenvalue weighted by molar-refractivity contribution is 7.89. The Labute approximate surface area is 229 Å². The number of nitrogens with one attached hydrogen (secondary N) is 1. The number of phosphoric ester groups is 1. The number of ether oxygens (including phenoxy) is 1. The largest absolute Gasteiger partial charge is 0.469 e. The quantitative estimate of drug-likeness (QED) is 0.111. The van der Waals surface area contributed by atoms with Gasteiger partial charge < -0.3 is 19.4 Å². The number of amides is 1. The Balaban J connectivity index is 1.65. The highest BCUT2D eigenvalue weighted by Gasteiger charge is 2.36. The van der Waals surface area contributed by atoms with E-state index in [4.69, 9.17) is 26.1 Å². The maximum atomic E-state index is 13.2. The van der Waals surface area contributed by atoms with Crippen molar-refractivity contribution in [3.8, 4) is 0 Å². The summed E-state index contributed by atoms with van der Waals surface area (Å²) in [6.07, 6.45) is 0.217. The van der Waals surface area contributed by atoms with Crippen LogP contribution in [-0.2, 0) is 28.6 Å². The Morgan fingerprint density at radius 2 is 1.97 bits per heavy atom. The second kappa shape index (κ2) is 12.1. The molecule has 14 nitrogen and oxygen atoms in total. The third-order valence-electron chi connectivity index (χ3n) is 6.60. The van der Waals surface area contributed by atoms with Crippen LogP contribution in [0, 0.1) is 10.1 Å². The summed E-state index contributed by atoms with van der Waals surface area (Å²) in [6.45, 7) is 2.40. The molecule has 2 aliphatic heterocycles. The third-order valence-corrected chi connectivity index (χ3v) is 8.95. The highest BCUT2D eigenvalue weighted by atomic mass is 35.5. The van der Waals surface area contributed by atoms with Gasteiger partial charge in [-0.3, -0.25) is 24.3 Å². The fourth-order valence-electron chi connectivity index (χ4n) is 4.77. The van der Waals surface area contributed by atoms with Gasteiger partial charge in [0.05, 0.1) is 40.7 Å². The second-order valence-electron chi connectivity index (χ2n) is 9.07. The van der Waals surface area contributed by atoms with E-state index in [-0.39, 0.29) is 46.6 Å². The summed E-state index contributed by atoms with van der Waals surface area (Å²) in [5.74, 6) is -0.360. The van der Waals surface area contributed by atoms with Crippen LogP contribution in [0.5, 0.6) is 0 Å². The molecule has 214 valence electrons. The first-order valence-corrected chi connectivity index (χ1v) is 15.6. The number of fused-ring (bicyclic) bond motifs is 3. The minimum atomic E-state index is -4.77. The number of non-ortho nitro benzene ring substituents is 1. The molecule has 2 heterocycles. The molecule has 3 N–H and O–H groups in total. The van der Waals surface area contributed by atoms with Crippen LogP contribution in [0.25, 0.3) is 10.8 Å². The Kier molecular flexibility index (Phi) is 9.26. The molecule has 1 unspecified atom stereocenters. The number of phosphoric acid groups is 1. The number of nitro benzene ring substituents is 1. The lowest BCUT2D eigenvalue weighted by Gasteiger charge is -2.27. The van der Waals surface area contributed by atoms with Crippen molar-refractivity contribution in [1.29, 1.82) is 0 Å². The van der Waals surface area contributed by atoms with Gasteiger partial charge in [-0.15, -0.1) is 11.6 Å². The van der Waals surface area contributed by atoms with Gasteiger partial charge in [0.2, 0.25) is 15.9 Å². The van der Waals surface area contributed by atoms with Crippen molar-refractivity contribution in [2.24, 2.45) is 0 Å². The van der Waals surface area contributed by atoms with Gasteiger partial charge in [-0.1, -0.05) is 6.07 Å². The minimum Gasteiger partial charge on any atom is -0.379 e. The molecule has 0 aliphatic carbocycles. The number of morpholine rings is 1. The molecule has 4 rings (SSSR count). The van der Waals surface area contributed by atoms with E-state index in [1.807, 2.05) is 0 Å². The zero-order valence-corrected chi connectivity index (χ0v) is 23.2. The number of anilines is 1. The first-order chi connectivity index (χ1) is 18.4. The number of rotatable bonds is 11. The molecular weight excluding hydrogens is 579 g/mol. The molecule has 39 heavy (non-hydrogen) atoms. The van der Waals surface area contributed by atoms with E-state index < -0.39 is 35.9 Å². The summed E-state index contributed by atoms with van der Waals surface area (Å²) in [4.78, 5) is 45.4. The van der Waals surface area contributed by atoms with Gasteiger partial charge in [0, 0.05) is 57.0 Å². The zero-order chi connectivity index (χ0) is 28.4. The van der Waals surface area contributed by atoms with Crippen molar-refractivity contribution < 1.29 is 41.7 Å². The molecule has 1 amide bonds. The number of benzene rings is 2. The summed E-state index contributed by atoms with van der Waals surface area (Å²) in [5.41, 5.74) is 0.652. The van der Waals surface area contributed by atoms with Gasteiger partial charge in [0.15, 0.2) is 0 Å². The fourth-order valence-corrected chi connectivity index (χ4v) is 6.39. The van der Waals surface area contributed by atoms with E-state index in [1.165, 1.54) is 23.1 Å². The van der Waals surface area contributed by atoms with Crippen molar-refractivity contribution >= 4 is 57.5 Å². The molecule has 1 atom stereocenters. The van der Waals surface area contributed by atoms with E-state index >= 15 is 0 Å². The van der Waals surface area contributed by atoms with Gasteiger partial charge in [-0.05, 0) is 23.1 Å². The second-order valence-corrected chi connectivity index (χ2v) is 12.4. The van der Waals surface area contributed by atoms with Gasteiger partial charge in [-0.2, -0.15) is 0 Å². The SMILES string of the molecule is O=C(CCN1CCOCC1)N1CC(CCl)c2c1cc([N+](=O)[O-])c1cc(S(=O)(=O)NCCOP(=O)(O)O)ccc21. The van der Waals surface area contributed by atoms with Crippen LogP contribution in [0.3, 0.4) is 0 Å². The fraction of sp³-hybridized carbons (Fsp3) is 0.500. The van der Waals surface area contributed by atoms with Crippen LogP contribution in [-0.4, -0.2) is 92.4 Å². The Hall–Kier alpha value is -2.20. The van der Waals surface area contributed by atoms with Crippen molar-refractivity contribution in [3.05, 3.63) is 39.9 Å². The normalized spacial score (nSPS) is 18.4.